The highest BCUT2D eigenvalue weighted by molar-refractivity contribution is 6.89. The minimum absolute atomic E-state index is 0.150. The first-order valence-corrected chi connectivity index (χ1v) is 10.0. The molecule has 0 aliphatic heterocycles. The predicted molar refractivity (Wildman–Crippen MR) is 83.1 cm³/mol. The van der Waals surface area contributed by atoms with Gasteiger partial charge in [0, 0.05) is 12.2 Å². The first-order valence-electron chi connectivity index (χ1n) is 6.54. The van der Waals surface area contributed by atoms with Gasteiger partial charge in [0.1, 0.15) is 5.82 Å². The van der Waals surface area contributed by atoms with Crippen molar-refractivity contribution < 1.29 is 4.39 Å². The van der Waals surface area contributed by atoms with Crippen LogP contribution >= 0.6 is 0 Å². The van der Waals surface area contributed by atoms with Gasteiger partial charge in [-0.25, -0.2) is 4.39 Å². The van der Waals surface area contributed by atoms with Crippen molar-refractivity contribution in [2.45, 2.75) is 26.2 Å². The zero-order valence-corrected chi connectivity index (χ0v) is 12.7. The van der Waals surface area contributed by atoms with E-state index in [1.165, 1.54) is 11.6 Å². The summed E-state index contributed by atoms with van der Waals surface area (Å²) in [5, 5.41) is 4.57. The third-order valence-corrected chi connectivity index (χ3v) is 5.15. The molecule has 0 bridgehead atoms. The van der Waals surface area contributed by atoms with Gasteiger partial charge in [0.15, 0.2) is 0 Å². The molecule has 1 nitrogen and oxygen atoms in total. The van der Waals surface area contributed by atoms with Crippen LogP contribution in [0.5, 0.6) is 0 Å². The molecule has 3 heteroatoms. The van der Waals surface area contributed by atoms with Crippen molar-refractivity contribution in [2.24, 2.45) is 0 Å². The summed E-state index contributed by atoms with van der Waals surface area (Å²) in [6, 6.07) is 15.3. The maximum atomic E-state index is 13.4. The Hall–Kier alpha value is -1.61. The summed E-state index contributed by atoms with van der Waals surface area (Å²) >= 11 is 0. The average molecular weight is 273 g/mol. The van der Waals surface area contributed by atoms with Crippen LogP contribution in [0.25, 0.3) is 0 Å². The highest BCUT2D eigenvalue weighted by Crippen LogP contribution is 2.14. The zero-order valence-electron chi connectivity index (χ0n) is 11.7. The number of hydrogen-bond donors (Lipinski definition) is 1. The van der Waals surface area contributed by atoms with Crippen molar-refractivity contribution >= 4 is 18.9 Å². The zero-order chi connectivity index (χ0) is 13.9. The SMILES string of the molecule is C[Si](C)(C)c1cc(F)ccc1NCc1ccccc1. The van der Waals surface area contributed by atoms with Crippen LogP contribution in [0.3, 0.4) is 0 Å². The maximum absolute atomic E-state index is 13.4. The van der Waals surface area contributed by atoms with E-state index in [0.29, 0.717) is 0 Å². The molecule has 0 saturated heterocycles. The lowest BCUT2D eigenvalue weighted by Crippen LogP contribution is -2.39. The van der Waals surface area contributed by atoms with Gasteiger partial charge in [-0.05, 0) is 28.9 Å². The van der Waals surface area contributed by atoms with Crippen molar-refractivity contribution in [1.82, 2.24) is 0 Å². The van der Waals surface area contributed by atoms with Crippen LogP contribution in [0.1, 0.15) is 5.56 Å². The molecule has 2 rings (SSSR count). The Morgan fingerprint density at radius 2 is 1.68 bits per heavy atom. The largest absolute Gasteiger partial charge is 0.381 e. The molecule has 0 aromatic heterocycles. The lowest BCUT2D eigenvalue weighted by molar-refractivity contribution is 0.629. The Balaban J connectivity index is 2.21. The van der Waals surface area contributed by atoms with Gasteiger partial charge in [-0.3, -0.25) is 0 Å². The van der Waals surface area contributed by atoms with Crippen LogP contribution in [0.15, 0.2) is 48.5 Å². The van der Waals surface area contributed by atoms with Crippen LogP contribution in [-0.2, 0) is 6.54 Å². The van der Waals surface area contributed by atoms with Gasteiger partial charge in [-0.2, -0.15) is 0 Å². The number of rotatable bonds is 4. The quantitative estimate of drug-likeness (QED) is 0.831. The van der Waals surface area contributed by atoms with Crippen molar-refractivity contribution in [2.75, 3.05) is 5.32 Å². The number of benzene rings is 2. The summed E-state index contributed by atoms with van der Waals surface area (Å²) in [5.74, 6) is -0.150. The molecular formula is C16H20FNSi. The molecule has 2 aromatic carbocycles. The molecule has 0 atom stereocenters. The van der Waals surface area contributed by atoms with E-state index in [0.717, 1.165) is 17.4 Å². The molecule has 0 amide bonds. The van der Waals surface area contributed by atoms with E-state index >= 15 is 0 Å². The van der Waals surface area contributed by atoms with Crippen LogP contribution in [0.4, 0.5) is 10.1 Å². The van der Waals surface area contributed by atoms with Gasteiger partial charge in [0.05, 0.1) is 8.07 Å². The second-order valence-electron chi connectivity index (χ2n) is 5.78. The molecule has 0 aliphatic rings. The molecule has 0 saturated carbocycles. The lowest BCUT2D eigenvalue weighted by Gasteiger charge is -2.22. The minimum atomic E-state index is -1.55. The second-order valence-corrected chi connectivity index (χ2v) is 10.8. The van der Waals surface area contributed by atoms with E-state index in [1.807, 2.05) is 24.3 Å². The molecule has 1 N–H and O–H groups in total. The summed E-state index contributed by atoms with van der Waals surface area (Å²) in [6.45, 7) is 7.46. The average Bonchev–Trinajstić information content (AvgIpc) is 2.37. The smallest absolute Gasteiger partial charge is 0.123 e. The first kappa shape index (κ1) is 13.8. The minimum Gasteiger partial charge on any atom is -0.381 e. The number of halogens is 1. The van der Waals surface area contributed by atoms with Gasteiger partial charge in [0.25, 0.3) is 0 Å². The van der Waals surface area contributed by atoms with Crippen molar-refractivity contribution in [3.8, 4) is 0 Å². The van der Waals surface area contributed by atoms with Crippen molar-refractivity contribution in [1.29, 1.82) is 0 Å². The maximum Gasteiger partial charge on any atom is 0.123 e. The van der Waals surface area contributed by atoms with E-state index in [9.17, 15) is 4.39 Å². The van der Waals surface area contributed by atoms with E-state index in [1.54, 1.807) is 6.07 Å². The van der Waals surface area contributed by atoms with Crippen LogP contribution < -0.4 is 10.5 Å². The summed E-state index contributed by atoms with van der Waals surface area (Å²) in [5.41, 5.74) is 2.29. The molecular weight excluding hydrogens is 253 g/mol. The fourth-order valence-electron chi connectivity index (χ4n) is 2.08. The molecule has 19 heavy (non-hydrogen) atoms. The molecule has 0 radical (unpaired) electrons. The van der Waals surface area contributed by atoms with Gasteiger partial charge in [-0.1, -0.05) is 50.0 Å². The van der Waals surface area contributed by atoms with Crippen molar-refractivity contribution in [3.63, 3.8) is 0 Å². The summed E-state index contributed by atoms with van der Waals surface area (Å²) in [6.07, 6.45) is 0. The van der Waals surface area contributed by atoms with Crippen LogP contribution in [-0.4, -0.2) is 8.07 Å². The molecule has 0 heterocycles. The monoisotopic (exact) mass is 273 g/mol. The number of anilines is 1. The predicted octanol–water partition coefficient (Wildman–Crippen LogP) is 3.98. The molecule has 0 aliphatic carbocycles. The van der Waals surface area contributed by atoms with Gasteiger partial charge < -0.3 is 5.32 Å². The molecule has 100 valence electrons. The van der Waals surface area contributed by atoms with Gasteiger partial charge in [-0.15, -0.1) is 0 Å². The van der Waals surface area contributed by atoms with Gasteiger partial charge in [0.2, 0.25) is 0 Å². The number of nitrogens with one attached hydrogen (secondary N) is 1. The third kappa shape index (κ3) is 3.67. The van der Waals surface area contributed by atoms with E-state index in [2.05, 4.69) is 37.1 Å². The lowest BCUT2D eigenvalue weighted by atomic mass is 10.2. The Labute approximate surface area is 115 Å². The molecule has 0 spiro atoms. The first-order chi connectivity index (χ1) is 8.97. The highest BCUT2D eigenvalue weighted by atomic mass is 28.3. The Kier molecular flexibility index (Phi) is 4.05. The van der Waals surface area contributed by atoms with E-state index < -0.39 is 8.07 Å². The normalized spacial score (nSPS) is 11.4. The summed E-state index contributed by atoms with van der Waals surface area (Å²) in [7, 11) is -1.55. The summed E-state index contributed by atoms with van der Waals surface area (Å²) in [4.78, 5) is 0. The second kappa shape index (κ2) is 5.57. The fourth-order valence-corrected chi connectivity index (χ4v) is 3.63. The van der Waals surface area contributed by atoms with Crippen LogP contribution in [0.2, 0.25) is 19.6 Å². The molecule has 2 aromatic rings. The summed E-state index contributed by atoms with van der Waals surface area (Å²) < 4.78 is 13.4. The van der Waals surface area contributed by atoms with E-state index in [4.69, 9.17) is 0 Å². The van der Waals surface area contributed by atoms with Crippen molar-refractivity contribution in [3.05, 3.63) is 59.9 Å². The van der Waals surface area contributed by atoms with Crippen LogP contribution in [0, 0.1) is 5.82 Å². The Morgan fingerprint density at radius 3 is 2.32 bits per heavy atom. The highest BCUT2D eigenvalue weighted by Gasteiger charge is 2.20. The topological polar surface area (TPSA) is 12.0 Å². The Bertz CT molecular complexity index is 546. The fraction of sp³-hybridized carbons (Fsp3) is 0.250. The molecule has 0 unspecified atom stereocenters. The van der Waals surface area contributed by atoms with Gasteiger partial charge >= 0.3 is 0 Å². The Morgan fingerprint density at radius 1 is 1.00 bits per heavy atom. The standard InChI is InChI=1S/C16H20FNSi/c1-19(2,3)16-11-14(17)9-10-15(16)18-12-13-7-5-4-6-8-13/h4-11,18H,12H2,1-3H3. The third-order valence-electron chi connectivity index (χ3n) is 3.12. The molecule has 0 fully saturated rings. The number of hydrogen-bond acceptors (Lipinski definition) is 1. The van der Waals surface area contributed by atoms with E-state index in [-0.39, 0.29) is 5.82 Å².